The van der Waals surface area contributed by atoms with E-state index in [1.807, 2.05) is 6.07 Å². The first-order valence-corrected chi connectivity index (χ1v) is 7.68. The molecule has 0 aliphatic carbocycles. The molecular weight excluding hydrogens is 338 g/mol. The van der Waals surface area contributed by atoms with Gasteiger partial charge in [0, 0.05) is 18.1 Å². The van der Waals surface area contributed by atoms with Crippen LogP contribution in [0.1, 0.15) is 11.4 Å². The summed E-state index contributed by atoms with van der Waals surface area (Å²) in [5, 5.41) is 14.1. The first-order chi connectivity index (χ1) is 12.7. The van der Waals surface area contributed by atoms with Gasteiger partial charge in [-0.3, -0.25) is 9.82 Å². The Morgan fingerprint density at radius 2 is 2.19 bits per heavy atom. The van der Waals surface area contributed by atoms with Gasteiger partial charge in [-0.25, -0.2) is 10.3 Å². The highest BCUT2D eigenvalue weighted by Gasteiger charge is 2.12. The van der Waals surface area contributed by atoms with E-state index in [0.29, 0.717) is 22.9 Å². The number of benzene rings is 1. The molecule has 26 heavy (non-hydrogen) atoms. The van der Waals surface area contributed by atoms with Gasteiger partial charge in [-0.05, 0) is 47.2 Å². The van der Waals surface area contributed by atoms with E-state index in [-0.39, 0.29) is 6.61 Å². The number of hydrogen-bond acceptors (Lipinski definition) is 7. The van der Waals surface area contributed by atoms with E-state index < -0.39 is 6.03 Å². The van der Waals surface area contributed by atoms with Crippen molar-refractivity contribution in [2.24, 2.45) is 0 Å². The van der Waals surface area contributed by atoms with Crippen LogP contribution in [-0.4, -0.2) is 38.3 Å². The molecule has 10 nitrogen and oxygen atoms in total. The van der Waals surface area contributed by atoms with E-state index in [2.05, 4.69) is 31.3 Å². The van der Waals surface area contributed by atoms with Crippen LogP contribution in [0.25, 0.3) is 5.69 Å². The summed E-state index contributed by atoms with van der Waals surface area (Å²) in [6.07, 6.45) is 3.32. The van der Waals surface area contributed by atoms with Gasteiger partial charge in [-0.2, -0.15) is 4.68 Å². The first-order valence-electron chi connectivity index (χ1n) is 7.68. The van der Waals surface area contributed by atoms with E-state index in [9.17, 15) is 4.79 Å². The molecule has 3 rings (SSSR count). The second kappa shape index (κ2) is 8.03. The van der Waals surface area contributed by atoms with Gasteiger partial charge in [-0.15, -0.1) is 5.10 Å². The van der Waals surface area contributed by atoms with Gasteiger partial charge in [0.05, 0.1) is 7.11 Å². The maximum absolute atomic E-state index is 12.0. The lowest BCUT2D eigenvalue weighted by atomic mass is 10.2. The zero-order valence-electron chi connectivity index (χ0n) is 14.2. The van der Waals surface area contributed by atoms with Crippen LogP contribution < -0.4 is 15.5 Å². The predicted octanol–water partition coefficient (Wildman–Crippen LogP) is 1.63. The topological polar surface area (TPSA) is 116 Å². The number of rotatable bonds is 6. The van der Waals surface area contributed by atoms with Gasteiger partial charge in [0.15, 0.2) is 5.82 Å². The lowest BCUT2D eigenvalue weighted by Crippen LogP contribution is -2.28. The van der Waals surface area contributed by atoms with Crippen LogP contribution in [-0.2, 0) is 11.4 Å². The molecule has 10 heteroatoms. The van der Waals surface area contributed by atoms with Crippen LogP contribution in [0.4, 0.5) is 10.5 Å². The van der Waals surface area contributed by atoms with Gasteiger partial charge < -0.3 is 10.1 Å². The molecule has 0 unspecified atom stereocenters. The third-order valence-corrected chi connectivity index (χ3v) is 3.42. The number of amides is 2. The van der Waals surface area contributed by atoms with Crippen molar-refractivity contribution in [3.8, 4) is 11.4 Å². The monoisotopic (exact) mass is 355 g/mol. The second-order valence-electron chi connectivity index (χ2n) is 5.23. The maximum atomic E-state index is 12.0. The number of pyridine rings is 1. The number of anilines is 1. The number of urea groups is 1. The number of ether oxygens (including phenoxy) is 1. The Balaban J connectivity index is 1.64. The Hall–Kier alpha value is -3.53. The molecule has 0 saturated carbocycles. The number of carbonyl (C=O) groups excluding carboxylic acids is 1. The number of hydrogen-bond donors (Lipinski definition) is 2. The van der Waals surface area contributed by atoms with Crippen molar-refractivity contribution in [2.75, 3.05) is 12.4 Å². The first kappa shape index (κ1) is 17.3. The molecule has 2 amide bonds. The van der Waals surface area contributed by atoms with Crippen molar-refractivity contribution >= 4 is 11.7 Å². The average Bonchev–Trinajstić information content (AvgIpc) is 3.08. The minimum absolute atomic E-state index is 0.207. The van der Waals surface area contributed by atoms with Crippen LogP contribution >= 0.6 is 0 Å². The van der Waals surface area contributed by atoms with E-state index in [0.717, 1.165) is 5.56 Å². The van der Waals surface area contributed by atoms with Gasteiger partial charge >= 0.3 is 6.03 Å². The van der Waals surface area contributed by atoms with E-state index in [4.69, 9.17) is 9.57 Å². The SMILES string of the molecule is COc1ccc(NC(=O)NOCc2cccnc2)cc1-n1nnnc1C. The highest BCUT2D eigenvalue weighted by Crippen LogP contribution is 2.26. The minimum Gasteiger partial charge on any atom is -0.494 e. The maximum Gasteiger partial charge on any atom is 0.343 e. The number of tetrazole rings is 1. The van der Waals surface area contributed by atoms with Crippen molar-refractivity contribution in [1.29, 1.82) is 0 Å². The fraction of sp³-hybridized carbons (Fsp3) is 0.188. The van der Waals surface area contributed by atoms with E-state index in [1.165, 1.54) is 4.68 Å². The molecule has 0 radical (unpaired) electrons. The Labute approximate surface area is 149 Å². The lowest BCUT2D eigenvalue weighted by Gasteiger charge is -2.12. The van der Waals surface area contributed by atoms with Crippen LogP contribution in [0.5, 0.6) is 5.75 Å². The van der Waals surface area contributed by atoms with Gasteiger partial charge in [0.1, 0.15) is 18.0 Å². The summed E-state index contributed by atoms with van der Waals surface area (Å²) in [4.78, 5) is 21.1. The third kappa shape index (κ3) is 4.11. The molecular formula is C16H17N7O3. The van der Waals surface area contributed by atoms with Crippen LogP contribution in [0.3, 0.4) is 0 Å². The van der Waals surface area contributed by atoms with Crippen molar-refractivity contribution < 1.29 is 14.4 Å². The summed E-state index contributed by atoms with van der Waals surface area (Å²) in [6.45, 7) is 1.97. The number of aryl methyl sites for hydroxylation is 1. The lowest BCUT2D eigenvalue weighted by molar-refractivity contribution is 0.0534. The smallest absolute Gasteiger partial charge is 0.343 e. The molecule has 0 atom stereocenters. The summed E-state index contributed by atoms with van der Waals surface area (Å²) in [6, 6.07) is 8.22. The highest BCUT2D eigenvalue weighted by atomic mass is 16.7. The van der Waals surface area contributed by atoms with Crippen molar-refractivity contribution in [1.82, 2.24) is 30.7 Å². The van der Waals surface area contributed by atoms with Gasteiger partial charge in [0.2, 0.25) is 0 Å². The molecule has 0 spiro atoms. The Bertz CT molecular complexity index is 883. The number of aromatic nitrogens is 5. The summed E-state index contributed by atoms with van der Waals surface area (Å²) < 4.78 is 6.84. The molecule has 0 aliphatic rings. The minimum atomic E-state index is -0.515. The fourth-order valence-electron chi connectivity index (χ4n) is 2.21. The standard InChI is InChI=1S/C16H17N7O3/c1-11-19-21-22-23(11)14-8-13(5-6-15(14)25-2)18-16(24)20-26-10-12-4-3-7-17-9-12/h3-9H,10H2,1-2H3,(H2,18,20,24). The quantitative estimate of drug-likeness (QED) is 0.646. The third-order valence-electron chi connectivity index (χ3n) is 3.42. The fourth-order valence-corrected chi connectivity index (χ4v) is 2.21. The van der Waals surface area contributed by atoms with Crippen LogP contribution in [0.2, 0.25) is 0 Å². The molecule has 2 aromatic heterocycles. The van der Waals surface area contributed by atoms with E-state index in [1.54, 1.807) is 50.7 Å². The Kier molecular flexibility index (Phi) is 5.34. The molecule has 1 aromatic carbocycles. The van der Waals surface area contributed by atoms with Crippen molar-refractivity contribution in [3.05, 3.63) is 54.1 Å². The molecule has 0 fully saturated rings. The normalized spacial score (nSPS) is 10.4. The zero-order chi connectivity index (χ0) is 18.4. The number of hydroxylamine groups is 1. The van der Waals surface area contributed by atoms with Crippen LogP contribution in [0, 0.1) is 6.92 Å². The number of nitrogens with one attached hydrogen (secondary N) is 2. The van der Waals surface area contributed by atoms with Crippen molar-refractivity contribution in [2.45, 2.75) is 13.5 Å². The molecule has 0 aliphatic heterocycles. The second-order valence-corrected chi connectivity index (χ2v) is 5.23. The van der Waals surface area contributed by atoms with Gasteiger partial charge in [-0.1, -0.05) is 6.07 Å². The predicted molar refractivity (Wildman–Crippen MR) is 91.6 cm³/mol. The Morgan fingerprint density at radius 1 is 1.31 bits per heavy atom. The van der Waals surface area contributed by atoms with E-state index >= 15 is 0 Å². The molecule has 134 valence electrons. The number of carbonyl (C=O) groups is 1. The van der Waals surface area contributed by atoms with Gasteiger partial charge in [0.25, 0.3) is 0 Å². The highest BCUT2D eigenvalue weighted by molar-refractivity contribution is 5.89. The number of nitrogens with zero attached hydrogens (tertiary/aromatic N) is 5. The summed E-state index contributed by atoms with van der Waals surface area (Å²) >= 11 is 0. The van der Waals surface area contributed by atoms with Crippen LogP contribution in [0.15, 0.2) is 42.7 Å². The number of methoxy groups -OCH3 is 1. The Morgan fingerprint density at radius 3 is 2.88 bits per heavy atom. The summed E-state index contributed by atoms with van der Waals surface area (Å²) in [7, 11) is 1.55. The molecule has 0 saturated heterocycles. The molecule has 2 N–H and O–H groups in total. The molecule has 2 heterocycles. The largest absolute Gasteiger partial charge is 0.494 e. The summed E-state index contributed by atoms with van der Waals surface area (Å²) in [5.74, 6) is 1.16. The molecule has 3 aromatic rings. The zero-order valence-corrected chi connectivity index (χ0v) is 14.2. The van der Waals surface area contributed by atoms with Crippen molar-refractivity contribution in [3.63, 3.8) is 0 Å². The summed E-state index contributed by atoms with van der Waals surface area (Å²) in [5.41, 5.74) is 4.29. The average molecular weight is 355 g/mol. The molecule has 0 bridgehead atoms.